The van der Waals surface area contributed by atoms with E-state index in [1.165, 1.54) is 0 Å². The number of aliphatic hydroxyl groups is 1. The van der Waals surface area contributed by atoms with Crippen LogP contribution in [-0.4, -0.2) is 122 Å². The number of rotatable bonds is 7. The van der Waals surface area contributed by atoms with E-state index in [4.69, 9.17) is 4.74 Å². The molecule has 0 spiro atoms. The summed E-state index contributed by atoms with van der Waals surface area (Å²) in [6, 6.07) is -0.0335. The van der Waals surface area contributed by atoms with Crippen molar-refractivity contribution in [3.8, 4) is 0 Å². The third-order valence-corrected chi connectivity index (χ3v) is 5.11. The Hall–Kier alpha value is -0.730. The summed E-state index contributed by atoms with van der Waals surface area (Å²) in [6.07, 6.45) is -0.448. The van der Waals surface area contributed by atoms with Crippen LogP contribution in [0, 0.1) is 0 Å². The Morgan fingerprint density at radius 1 is 1.08 bits per heavy atom. The molecular formula is C17H34N4O3. The molecule has 0 aromatic heterocycles. The van der Waals surface area contributed by atoms with Gasteiger partial charge in [0.15, 0.2) is 0 Å². The number of piperazine rings is 2. The normalized spacial score (nSPS) is 24.1. The van der Waals surface area contributed by atoms with Crippen LogP contribution in [0.3, 0.4) is 0 Å². The second-order valence-corrected chi connectivity index (χ2v) is 6.95. The van der Waals surface area contributed by atoms with E-state index in [-0.39, 0.29) is 11.9 Å². The molecule has 2 rings (SSSR count). The Morgan fingerprint density at radius 2 is 1.71 bits per heavy atom. The fraction of sp³-hybridized carbons (Fsp3) is 0.941. The van der Waals surface area contributed by atoms with Crippen molar-refractivity contribution in [1.82, 2.24) is 19.6 Å². The number of carbonyl (C=O) groups excluding carboxylic acids is 1. The van der Waals surface area contributed by atoms with Gasteiger partial charge in [0.2, 0.25) is 5.91 Å². The molecule has 7 nitrogen and oxygen atoms in total. The van der Waals surface area contributed by atoms with Crippen LogP contribution in [0.25, 0.3) is 0 Å². The molecule has 0 aromatic carbocycles. The molecule has 2 atom stereocenters. The van der Waals surface area contributed by atoms with E-state index in [0.29, 0.717) is 19.8 Å². The van der Waals surface area contributed by atoms with Crippen LogP contribution in [0.2, 0.25) is 0 Å². The number of hydrogen-bond donors (Lipinski definition) is 1. The smallest absolute Gasteiger partial charge is 0.239 e. The maximum atomic E-state index is 12.7. The SMILES string of the molecule is CCOC[C@@H](O)CN1CCN(C(=O)[C@@H](C)N2CCN(C)CC2)CC1. The Balaban J connectivity index is 1.72. The van der Waals surface area contributed by atoms with Crippen molar-refractivity contribution in [2.24, 2.45) is 0 Å². The molecule has 2 heterocycles. The van der Waals surface area contributed by atoms with Gasteiger partial charge in [0.05, 0.1) is 18.8 Å². The van der Waals surface area contributed by atoms with E-state index in [0.717, 1.165) is 52.4 Å². The van der Waals surface area contributed by atoms with Gasteiger partial charge in [-0.3, -0.25) is 14.6 Å². The standard InChI is InChI=1S/C17H34N4O3/c1-4-24-14-16(22)13-19-7-11-21(12-8-19)17(23)15(2)20-9-5-18(3)6-10-20/h15-16,22H,4-14H2,1-3H3/t15-,16+/m1/s1. The van der Waals surface area contributed by atoms with Crippen LogP contribution >= 0.6 is 0 Å². The van der Waals surface area contributed by atoms with Gasteiger partial charge in [-0.1, -0.05) is 0 Å². The van der Waals surface area contributed by atoms with Crippen LogP contribution in [0.15, 0.2) is 0 Å². The maximum absolute atomic E-state index is 12.7. The van der Waals surface area contributed by atoms with E-state index < -0.39 is 6.10 Å². The number of carbonyl (C=O) groups is 1. The molecule has 0 bridgehead atoms. The molecule has 7 heteroatoms. The van der Waals surface area contributed by atoms with Crippen molar-refractivity contribution < 1.29 is 14.6 Å². The topological polar surface area (TPSA) is 59.5 Å². The van der Waals surface area contributed by atoms with E-state index in [9.17, 15) is 9.90 Å². The molecule has 0 aromatic rings. The minimum Gasteiger partial charge on any atom is -0.389 e. The van der Waals surface area contributed by atoms with Crippen molar-refractivity contribution in [3.63, 3.8) is 0 Å². The number of ether oxygens (including phenoxy) is 1. The second kappa shape index (κ2) is 9.68. The lowest BCUT2D eigenvalue weighted by Gasteiger charge is -2.40. The quantitative estimate of drug-likeness (QED) is 0.651. The summed E-state index contributed by atoms with van der Waals surface area (Å²) in [4.78, 5) is 21.5. The van der Waals surface area contributed by atoms with Crippen LogP contribution in [-0.2, 0) is 9.53 Å². The number of β-amino-alcohol motifs (C(OH)–C–C–N with tert-alkyl or cyclic N) is 1. The zero-order valence-electron chi connectivity index (χ0n) is 15.5. The van der Waals surface area contributed by atoms with Gasteiger partial charge in [0, 0.05) is 65.5 Å². The first-order valence-corrected chi connectivity index (χ1v) is 9.20. The largest absolute Gasteiger partial charge is 0.389 e. The van der Waals surface area contributed by atoms with Crippen LogP contribution in [0.1, 0.15) is 13.8 Å². The first-order valence-electron chi connectivity index (χ1n) is 9.20. The Morgan fingerprint density at radius 3 is 2.29 bits per heavy atom. The fourth-order valence-corrected chi connectivity index (χ4v) is 3.39. The molecule has 0 radical (unpaired) electrons. The number of amides is 1. The molecular weight excluding hydrogens is 308 g/mol. The first-order chi connectivity index (χ1) is 11.5. The molecule has 0 saturated carbocycles. The zero-order valence-corrected chi connectivity index (χ0v) is 15.5. The fourth-order valence-electron chi connectivity index (χ4n) is 3.39. The Labute approximate surface area is 146 Å². The lowest BCUT2D eigenvalue weighted by atomic mass is 10.2. The van der Waals surface area contributed by atoms with Gasteiger partial charge < -0.3 is 19.6 Å². The molecule has 0 unspecified atom stereocenters. The number of nitrogens with zero attached hydrogens (tertiary/aromatic N) is 4. The first kappa shape index (κ1) is 19.6. The van der Waals surface area contributed by atoms with Crippen molar-refractivity contribution in [3.05, 3.63) is 0 Å². The summed E-state index contributed by atoms with van der Waals surface area (Å²) in [5.74, 6) is 0.245. The van der Waals surface area contributed by atoms with Crippen LogP contribution in [0.4, 0.5) is 0 Å². The predicted molar refractivity (Wildman–Crippen MR) is 94.1 cm³/mol. The van der Waals surface area contributed by atoms with Gasteiger partial charge in [0.1, 0.15) is 0 Å². The zero-order chi connectivity index (χ0) is 17.5. The van der Waals surface area contributed by atoms with Gasteiger partial charge in [-0.15, -0.1) is 0 Å². The van der Waals surface area contributed by atoms with Gasteiger partial charge in [-0.25, -0.2) is 0 Å². The lowest BCUT2D eigenvalue weighted by Crippen LogP contribution is -2.57. The summed E-state index contributed by atoms with van der Waals surface area (Å²) >= 11 is 0. The van der Waals surface area contributed by atoms with Crippen molar-refractivity contribution in [2.45, 2.75) is 26.0 Å². The molecule has 1 amide bonds. The minimum atomic E-state index is -0.448. The second-order valence-electron chi connectivity index (χ2n) is 6.95. The Kier molecular flexibility index (Phi) is 7.90. The maximum Gasteiger partial charge on any atom is 0.239 e. The summed E-state index contributed by atoms with van der Waals surface area (Å²) in [6.45, 7) is 12.7. The highest BCUT2D eigenvalue weighted by molar-refractivity contribution is 5.81. The molecule has 0 aliphatic carbocycles. The number of hydrogen-bond acceptors (Lipinski definition) is 6. The number of aliphatic hydroxyl groups excluding tert-OH is 1. The highest BCUT2D eigenvalue weighted by Gasteiger charge is 2.30. The summed E-state index contributed by atoms with van der Waals surface area (Å²) in [7, 11) is 2.13. The average Bonchev–Trinajstić information content (AvgIpc) is 2.60. The Bertz CT molecular complexity index is 380. The van der Waals surface area contributed by atoms with Crippen LogP contribution < -0.4 is 0 Å². The molecule has 2 saturated heterocycles. The molecule has 2 aliphatic heterocycles. The van der Waals surface area contributed by atoms with Gasteiger partial charge in [0.25, 0.3) is 0 Å². The van der Waals surface area contributed by atoms with E-state index in [1.807, 2.05) is 18.7 Å². The van der Waals surface area contributed by atoms with E-state index >= 15 is 0 Å². The van der Waals surface area contributed by atoms with E-state index in [1.54, 1.807) is 0 Å². The summed E-state index contributed by atoms with van der Waals surface area (Å²) in [5.41, 5.74) is 0. The van der Waals surface area contributed by atoms with Crippen molar-refractivity contribution in [1.29, 1.82) is 0 Å². The number of likely N-dealkylation sites (N-methyl/N-ethyl adjacent to an activating group) is 1. The third kappa shape index (κ3) is 5.67. The summed E-state index contributed by atoms with van der Waals surface area (Å²) < 4.78 is 5.25. The molecule has 24 heavy (non-hydrogen) atoms. The van der Waals surface area contributed by atoms with Gasteiger partial charge in [-0.05, 0) is 20.9 Å². The third-order valence-electron chi connectivity index (χ3n) is 5.11. The molecule has 1 N–H and O–H groups in total. The monoisotopic (exact) mass is 342 g/mol. The predicted octanol–water partition coefficient (Wildman–Crippen LogP) is -0.836. The van der Waals surface area contributed by atoms with Crippen LogP contribution in [0.5, 0.6) is 0 Å². The lowest BCUT2D eigenvalue weighted by molar-refractivity contribution is -0.139. The minimum absolute atomic E-state index is 0.0335. The summed E-state index contributed by atoms with van der Waals surface area (Å²) in [5, 5.41) is 9.93. The molecule has 140 valence electrons. The van der Waals surface area contributed by atoms with Crippen molar-refractivity contribution >= 4 is 5.91 Å². The molecule has 2 aliphatic rings. The van der Waals surface area contributed by atoms with E-state index in [2.05, 4.69) is 21.7 Å². The van der Waals surface area contributed by atoms with Gasteiger partial charge in [-0.2, -0.15) is 0 Å². The van der Waals surface area contributed by atoms with Crippen molar-refractivity contribution in [2.75, 3.05) is 79.2 Å². The molecule has 2 fully saturated rings. The highest BCUT2D eigenvalue weighted by atomic mass is 16.5. The highest BCUT2D eigenvalue weighted by Crippen LogP contribution is 2.11. The average molecular weight is 342 g/mol. The van der Waals surface area contributed by atoms with Gasteiger partial charge >= 0.3 is 0 Å².